The van der Waals surface area contributed by atoms with Crippen molar-refractivity contribution in [1.82, 2.24) is 5.32 Å². The summed E-state index contributed by atoms with van der Waals surface area (Å²) < 4.78 is 6.71. The molecule has 0 fully saturated rings. The Hall–Kier alpha value is -0.840. The van der Waals surface area contributed by atoms with Gasteiger partial charge in [0.15, 0.2) is 0 Å². The first-order chi connectivity index (χ1) is 9.56. The van der Waals surface area contributed by atoms with E-state index in [0.717, 1.165) is 16.8 Å². The molecule has 1 aromatic heterocycles. The molecule has 2 nitrogen and oxygen atoms in total. The molecular formula is C16H20BrNOS. The lowest BCUT2D eigenvalue weighted by molar-refractivity contribution is 0.404. The van der Waals surface area contributed by atoms with Gasteiger partial charge in [-0.1, -0.05) is 24.6 Å². The number of rotatable bonds is 5. The molecule has 1 unspecified atom stereocenters. The van der Waals surface area contributed by atoms with Crippen molar-refractivity contribution in [1.29, 1.82) is 0 Å². The molecule has 2 aromatic rings. The smallest absolute Gasteiger partial charge is 0.124 e. The Bertz CT molecular complexity index is 594. The molecule has 0 aliphatic heterocycles. The van der Waals surface area contributed by atoms with Gasteiger partial charge in [0.2, 0.25) is 0 Å². The number of hydrogen-bond donors (Lipinski definition) is 1. The average molecular weight is 354 g/mol. The quantitative estimate of drug-likeness (QED) is 0.830. The lowest BCUT2D eigenvalue weighted by Gasteiger charge is -2.21. The molecule has 0 aliphatic rings. The summed E-state index contributed by atoms with van der Waals surface area (Å²) in [6.07, 6.45) is 0. The Morgan fingerprint density at radius 3 is 2.60 bits per heavy atom. The molecule has 108 valence electrons. The van der Waals surface area contributed by atoms with Crippen LogP contribution >= 0.6 is 27.3 Å². The highest BCUT2D eigenvalue weighted by Gasteiger charge is 2.21. The van der Waals surface area contributed by atoms with Crippen molar-refractivity contribution in [2.75, 3.05) is 13.7 Å². The number of thiophene rings is 1. The fourth-order valence-corrected chi connectivity index (χ4v) is 4.30. The van der Waals surface area contributed by atoms with Crippen LogP contribution in [0.25, 0.3) is 0 Å². The van der Waals surface area contributed by atoms with Gasteiger partial charge in [0.1, 0.15) is 5.75 Å². The van der Waals surface area contributed by atoms with E-state index in [-0.39, 0.29) is 6.04 Å². The van der Waals surface area contributed by atoms with Gasteiger partial charge in [0.05, 0.1) is 13.2 Å². The molecule has 0 saturated carbocycles. The van der Waals surface area contributed by atoms with E-state index in [0.29, 0.717) is 0 Å². The third-order valence-electron chi connectivity index (χ3n) is 3.20. The molecule has 0 aliphatic carbocycles. The zero-order chi connectivity index (χ0) is 14.7. The highest BCUT2D eigenvalue weighted by Crippen LogP contribution is 2.38. The highest BCUT2D eigenvalue weighted by molar-refractivity contribution is 9.10. The second-order valence-corrected chi connectivity index (χ2v) is 6.95. The van der Waals surface area contributed by atoms with Crippen molar-refractivity contribution in [3.8, 4) is 5.75 Å². The molecule has 0 spiro atoms. The van der Waals surface area contributed by atoms with Crippen LogP contribution in [-0.2, 0) is 0 Å². The summed E-state index contributed by atoms with van der Waals surface area (Å²) >= 11 is 5.50. The highest BCUT2D eigenvalue weighted by atomic mass is 79.9. The van der Waals surface area contributed by atoms with Crippen LogP contribution < -0.4 is 10.1 Å². The zero-order valence-electron chi connectivity index (χ0n) is 12.3. The summed E-state index contributed by atoms with van der Waals surface area (Å²) in [6.45, 7) is 7.28. The van der Waals surface area contributed by atoms with E-state index in [4.69, 9.17) is 4.74 Å². The van der Waals surface area contributed by atoms with E-state index in [9.17, 15) is 0 Å². The average Bonchev–Trinajstić information content (AvgIpc) is 2.75. The molecule has 0 bridgehead atoms. The molecule has 1 N–H and O–H groups in total. The summed E-state index contributed by atoms with van der Waals surface area (Å²) in [4.78, 5) is 2.61. The Balaban J connectivity index is 2.53. The normalized spacial score (nSPS) is 12.4. The topological polar surface area (TPSA) is 21.3 Å². The van der Waals surface area contributed by atoms with Crippen molar-refractivity contribution in [3.63, 3.8) is 0 Å². The van der Waals surface area contributed by atoms with E-state index in [2.05, 4.69) is 60.2 Å². The predicted octanol–water partition coefficient (Wildman–Crippen LogP) is 4.83. The van der Waals surface area contributed by atoms with Gasteiger partial charge in [0, 0.05) is 19.8 Å². The third kappa shape index (κ3) is 3.25. The third-order valence-corrected chi connectivity index (χ3v) is 5.24. The standard InChI is InChI=1S/C16H20BrNOS/c1-5-18-15(16-13(17)9-11(3)20-16)12-8-10(2)6-7-14(12)19-4/h6-9,15,18H,5H2,1-4H3. The Kier molecular flexibility index (Phi) is 5.24. The number of halogens is 1. The SMILES string of the molecule is CCNC(c1cc(C)ccc1OC)c1sc(C)cc1Br. The van der Waals surface area contributed by atoms with E-state index < -0.39 is 0 Å². The molecule has 4 heteroatoms. The second-order valence-electron chi connectivity index (χ2n) is 4.81. The molecule has 2 rings (SSSR count). The molecular weight excluding hydrogens is 334 g/mol. The minimum Gasteiger partial charge on any atom is -0.496 e. The maximum Gasteiger partial charge on any atom is 0.124 e. The van der Waals surface area contributed by atoms with Crippen molar-refractivity contribution in [2.45, 2.75) is 26.8 Å². The summed E-state index contributed by atoms with van der Waals surface area (Å²) in [5.41, 5.74) is 2.44. The van der Waals surface area contributed by atoms with Gasteiger partial charge in [-0.25, -0.2) is 0 Å². The lowest BCUT2D eigenvalue weighted by atomic mass is 10.0. The Labute approximate surface area is 133 Å². The van der Waals surface area contributed by atoms with Gasteiger partial charge < -0.3 is 10.1 Å². The van der Waals surface area contributed by atoms with Gasteiger partial charge in [-0.3, -0.25) is 0 Å². The van der Waals surface area contributed by atoms with E-state index in [1.165, 1.54) is 20.9 Å². The molecule has 1 aromatic carbocycles. The fraction of sp³-hybridized carbons (Fsp3) is 0.375. The first-order valence-corrected chi connectivity index (χ1v) is 8.31. The van der Waals surface area contributed by atoms with Crippen molar-refractivity contribution < 1.29 is 4.74 Å². The molecule has 20 heavy (non-hydrogen) atoms. The largest absolute Gasteiger partial charge is 0.496 e. The zero-order valence-corrected chi connectivity index (χ0v) is 14.7. The van der Waals surface area contributed by atoms with Gasteiger partial charge in [-0.15, -0.1) is 11.3 Å². The number of benzene rings is 1. The van der Waals surface area contributed by atoms with E-state index in [1.54, 1.807) is 7.11 Å². The molecule has 1 heterocycles. The number of methoxy groups -OCH3 is 1. The van der Waals surface area contributed by atoms with Crippen LogP contribution in [0.4, 0.5) is 0 Å². The van der Waals surface area contributed by atoms with Crippen LogP contribution in [0.5, 0.6) is 5.75 Å². The number of aryl methyl sites for hydroxylation is 2. The van der Waals surface area contributed by atoms with Crippen LogP contribution in [0.15, 0.2) is 28.7 Å². The Morgan fingerprint density at radius 1 is 1.30 bits per heavy atom. The number of nitrogens with one attached hydrogen (secondary N) is 1. The van der Waals surface area contributed by atoms with Crippen LogP contribution in [0.1, 0.15) is 33.8 Å². The van der Waals surface area contributed by atoms with Gasteiger partial charge in [-0.05, 0) is 48.5 Å². The van der Waals surface area contributed by atoms with Gasteiger partial charge in [0.25, 0.3) is 0 Å². The summed E-state index contributed by atoms with van der Waals surface area (Å²) in [7, 11) is 1.73. The first-order valence-electron chi connectivity index (χ1n) is 6.70. The maximum atomic E-state index is 5.55. The maximum absolute atomic E-state index is 5.55. The van der Waals surface area contributed by atoms with Crippen LogP contribution in [0.2, 0.25) is 0 Å². The van der Waals surface area contributed by atoms with Crippen molar-refractivity contribution >= 4 is 27.3 Å². The fourth-order valence-electron chi connectivity index (χ4n) is 2.33. The monoisotopic (exact) mass is 353 g/mol. The predicted molar refractivity (Wildman–Crippen MR) is 90.0 cm³/mol. The van der Waals surface area contributed by atoms with Gasteiger partial charge in [-0.2, -0.15) is 0 Å². The van der Waals surface area contributed by atoms with Crippen LogP contribution in [0.3, 0.4) is 0 Å². The molecule has 0 saturated heterocycles. The molecule has 0 amide bonds. The molecule has 0 radical (unpaired) electrons. The lowest BCUT2D eigenvalue weighted by Crippen LogP contribution is -2.22. The van der Waals surface area contributed by atoms with Crippen LogP contribution in [-0.4, -0.2) is 13.7 Å². The van der Waals surface area contributed by atoms with Crippen molar-refractivity contribution in [2.24, 2.45) is 0 Å². The minimum absolute atomic E-state index is 0.155. The number of ether oxygens (including phenoxy) is 1. The van der Waals surface area contributed by atoms with Gasteiger partial charge >= 0.3 is 0 Å². The van der Waals surface area contributed by atoms with E-state index >= 15 is 0 Å². The Morgan fingerprint density at radius 2 is 2.05 bits per heavy atom. The minimum atomic E-state index is 0.155. The number of hydrogen-bond acceptors (Lipinski definition) is 3. The summed E-state index contributed by atoms with van der Waals surface area (Å²) in [5.74, 6) is 0.930. The van der Waals surface area contributed by atoms with E-state index in [1.807, 2.05) is 17.4 Å². The second kappa shape index (κ2) is 6.74. The first kappa shape index (κ1) is 15.5. The van der Waals surface area contributed by atoms with Crippen LogP contribution in [0, 0.1) is 13.8 Å². The summed E-state index contributed by atoms with van der Waals surface area (Å²) in [6, 6.07) is 8.66. The molecule has 1 atom stereocenters. The van der Waals surface area contributed by atoms with Crippen molar-refractivity contribution in [3.05, 3.63) is 49.6 Å². The summed E-state index contributed by atoms with van der Waals surface area (Å²) in [5, 5.41) is 3.57.